The van der Waals surface area contributed by atoms with E-state index in [2.05, 4.69) is 103 Å². The number of hydrogen-bond donors (Lipinski definition) is 0. The smallest absolute Gasteiger partial charge is 0.223 e. The molecule has 1 spiro atoms. The molecule has 6 aromatic carbocycles. The molecule has 3 aliphatic rings. The predicted octanol–water partition coefficient (Wildman–Crippen LogP) is 8.36. The van der Waals surface area contributed by atoms with Crippen molar-refractivity contribution in [3.8, 4) is 33.4 Å². The molecule has 6 aromatic rings. The Labute approximate surface area is 244 Å². The first-order valence-corrected chi connectivity index (χ1v) is 14.4. The Morgan fingerprint density at radius 3 is 2.00 bits per heavy atom. The van der Waals surface area contributed by atoms with Gasteiger partial charge in [-0.25, -0.2) is 0 Å². The third-order valence-corrected chi connectivity index (χ3v) is 9.47. The predicted molar refractivity (Wildman–Crippen MR) is 165 cm³/mol. The molecule has 1 heterocycles. The molecule has 0 atom stereocenters. The molecule has 4 heteroatoms. The molecule has 1 saturated heterocycles. The molecule has 9 rings (SSSR count). The van der Waals surface area contributed by atoms with Gasteiger partial charge in [0.15, 0.2) is 0 Å². The van der Waals surface area contributed by atoms with Crippen LogP contribution in [0.15, 0.2) is 109 Å². The minimum absolute atomic E-state index is 0.566. The molecule has 2 aliphatic carbocycles. The normalized spacial score (nSPS) is 17.0. The van der Waals surface area contributed by atoms with Gasteiger partial charge in [0.1, 0.15) is 0 Å². The van der Waals surface area contributed by atoms with Gasteiger partial charge in [-0.15, -0.1) is 0 Å². The Bertz CT molecular complexity index is 2080. The maximum Gasteiger partial charge on any atom is 0.223 e. The van der Waals surface area contributed by atoms with Crippen LogP contribution < -0.4 is 0 Å². The highest BCUT2D eigenvalue weighted by atomic mass is 16.7. The maximum absolute atomic E-state index is 6.46. The lowest BCUT2D eigenvalue weighted by molar-refractivity contribution is -0.182. The van der Waals surface area contributed by atoms with Gasteiger partial charge in [-0.3, -0.25) is 0 Å². The zero-order valence-corrected chi connectivity index (χ0v) is 23.4. The van der Waals surface area contributed by atoms with Crippen LogP contribution >= 0.6 is 0 Å². The summed E-state index contributed by atoms with van der Waals surface area (Å²) < 4.78 is 25.3. The van der Waals surface area contributed by atoms with Crippen molar-refractivity contribution in [2.75, 3.05) is 27.4 Å². The number of benzene rings is 6. The molecule has 0 bridgehead atoms. The molecular formula is C38H28O4. The monoisotopic (exact) mass is 548 g/mol. The van der Waals surface area contributed by atoms with Crippen molar-refractivity contribution in [1.82, 2.24) is 0 Å². The fourth-order valence-electron chi connectivity index (χ4n) is 7.76. The molecule has 204 valence electrons. The van der Waals surface area contributed by atoms with Crippen molar-refractivity contribution in [3.05, 3.63) is 131 Å². The second-order valence-corrected chi connectivity index (χ2v) is 11.2. The van der Waals surface area contributed by atoms with Gasteiger partial charge in [0.05, 0.1) is 13.2 Å². The average molecular weight is 549 g/mol. The third-order valence-electron chi connectivity index (χ3n) is 9.47. The zero-order valence-electron chi connectivity index (χ0n) is 23.4. The lowest BCUT2D eigenvalue weighted by Gasteiger charge is -2.38. The first-order valence-electron chi connectivity index (χ1n) is 14.4. The van der Waals surface area contributed by atoms with Gasteiger partial charge >= 0.3 is 0 Å². The van der Waals surface area contributed by atoms with Gasteiger partial charge in [-0.2, -0.15) is 0 Å². The Hall–Kier alpha value is -4.32. The number of rotatable bonds is 3. The number of fused-ring (bicyclic) bond motifs is 6. The molecule has 0 N–H and O–H groups in total. The molecule has 1 fully saturated rings. The number of methoxy groups -OCH3 is 2. The van der Waals surface area contributed by atoms with E-state index in [-0.39, 0.29) is 0 Å². The molecule has 42 heavy (non-hydrogen) atoms. The highest BCUT2D eigenvalue weighted by molar-refractivity contribution is 6.10. The van der Waals surface area contributed by atoms with Crippen molar-refractivity contribution in [1.29, 1.82) is 0 Å². The Morgan fingerprint density at radius 1 is 0.524 bits per heavy atom. The summed E-state index contributed by atoms with van der Waals surface area (Å²) in [5, 5.41) is 4.71. The van der Waals surface area contributed by atoms with Gasteiger partial charge in [0.2, 0.25) is 11.6 Å². The topological polar surface area (TPSA) is 36.9 Å². The Morgan fingerprint density at radius 2 is 1.19 bits per heavy atom. The van der Waals surface area contributed by atoms with Crippen molar-refractivity contribution in [2.45, 2.75) is 11.6 Å². The molecule has 0 radical (unpaired) electrons. The first kappa shape index (κ1) is 24.3. The van der Waals surface area contributed by atoms with E-state index in [0.717, 1.165) is 55.3 Å². The minimum Gasteiger partial charge on any atom is -0.346 e. The molecule has 4 nitrogen and oxygen atoms in total. The van der Waals surface area contributed by atoms with E-state index >= 15 is 0 Å². The van der Waals surface area contributed by atoms with E-state index in [9.17, 15) is 0 Å². The van der Waals surface area contributed by atoms with Crippen molar-refractivity contribution in [3.63, 3.8) is 0 Å². The summed E-state index contributed by atoms with van der Waals surface area (Å²) in [5.41, 5.74) is 11.2. The SMILES string of the molecule is COC1(OC)c2ccccc2-c2cccc3c(-c4ccc5c(c4)-c4cccc6cccc(c46)C54OCCO4)ccc1c23. The Balaban J connectivity index is 1.33. The van der Waals surface area contributed by atoms with E-state index in [4.69, 9.17) is 18.9 Å². The molecular weight excluding hydrogens is 520 g/mol. The second kappa shape index (κ2) is 8.60. The van der Waals surface area contributed by atoms with Crippen LogP contribution in [0.4, 0.5) is 0 Å². The molecule has 0 unspecified atom stereocenters. The van der Waals surface area contributed by atoms with Crippen LogP contribution in [-0.2, 0) is 30.5 Å². The van der Waals surface area contributed by atoms with Crippen LogP contribution in [0, 0.1) is 0 Å². The largest absolute Gasteiger partial charge is 0.346 e. The van der Waals surface area contributed by atoms with Crippen LogP contribution in [0.3, 0.4) is 0 Å². The summed E-state index contributed by atoms with van der Waals surface area (Å²) >= 11 is 0. The lowest BCUT2D eigenvalue weighted by Crippen LogP contribution is -2.35. The minimum atomic E-state index is -0.986. The van der Waals surface area contributed by atoms with Crippen LogP contribution in [0.5, 0.6) is 0 Å². The number of ether oxygens (including phenoxy) is 4. The van der Waals surface area contributed by atoms with E-state index < -0.39 is 11.6 Å². The fraction of sp³-hybridized carbons (Fsp3) is 0.158. The zero-order chi connectivity index (χ0) is 28.1. The second-order valence-electron chi connectivity index (χ2n) is 11.2. The average Bonchev–Trinajstić information content (AvgIpc) is 3.55. The van der Waals surface area contributed by atoms with E-state index in [1.165, 1.54) is 21.9 Å². The molecule has 0 saturated carbocycles. The van der Waals surface area contributed by atoms with E-state index in [1.54, 1.807) is 14.2 Å². The summed E-state index contributed by atoms with van der Waals surface area (Å²) in [4.78, 5) is 0. The summed E-state index contributed by atoms with van der Waals surface area (Å²) in [6, 6.07) is 39.0. The fourth-order valence-corrected chi connectivity index (χ4v) is 7.76. The summed E-state index contributed by atoms with van der Waals surface area (Å²) in [6.45, 7) is 1.13. The van der Waals surface area contributed by atoms with E-state index in [1.807, 2.05) is 6.07 Å². The van der Waals surface area contributed by atoms with Crippen LogP contribution in [0.2, 0.25) is 0 Å². The molecule has 1 aliphatic heterocycles. The van der Waals surface area contributed by atoms with Crippen molar-refractivity contribution >= 4 is 21.5 Å². The van der Waals surface area contributed by atoms with Crippen LogP contribution in [0.25, 0.3) is 54.9 Å². The van der Waals surface area contributed by atoms with Crippen LogP contribution in [0.1, 0.15) is 22.3 Å². The lowest BCUT2D eigenvalue weighted by atomic mass is 9.76. The van der Waals surface area contributed by atoms with Gasteiger partial charge in [-0.1, -0.05) is 103 Å². The number of hydrogen-bond acceptors (Lipinski definition) is 4. The summed E-state index contributed by atoms with van der Waals surface area (Å²) in [5.74, 6) is -1.87. The van der Waals surface area contributed by atoms with Crippen LogP contribution in [-0.4, -0.2) is 27.4 Å². The first-order chi connectivity index (χ1) is 20.7. The quantitative estimate of drug-likeness (QED) is 0.208. The third kappa shape index (κ3) is 2.90. The van der Waals surface area contributed by atoms with Crippen molar-refractivity contribution in [2.24, 2.45) is 0 Å². The van der Waals surface area contributed by atoms with Gasteiger partial charge < -0.3 is 18.9 Å². The van der Waals surface area contributed by atoms with E-state index in [0.29, 0.717) is 13.2 Å². The highest BCUT2D eigenvalue weighted by Crippen LogP contribution is 2.54. The maximum atomic E-state index is 6.46. The highest BCUT2D eigenvalue weighted by Gasteiger charge is 2.47. The standard InChI is InChI=1S/C38H28O4/c1-39-37(40-2)31-14-4-3-10-26(31)28-13-7-12-27-25(17-19-34(37)36(27)28)24-16-18-32-30(22-24)29-11-5-8-23-9-6-15-33(35(23)29)38(32)41-20-21-42-38/h3-19,22H,20-21H2,1-2H3. The van der Waals surface area contributed by atoms with Gasteiger partial charge in [0, 0.05) is 36.5 Å². The van der Waals surface area contributed by atoms with Gasteiger partial charge in [0.25, 0.3) is 0 Å². The Kier molecular flexibility index (Phi) is 4.98. The molecule has 0 amide bonds. The van der Waals surface area contributed by atoms with Crippen molar-refractivity contribution < 1.29 is 18.9 Å². The summed E-state index contributed by atoms with van der Waals surface area (Å²) in [7, 11) is 3.44. The summed E-state index contributed by atoms with van der Waals surface area (Å²) in [6.07, 6.45) is 0. The molecule has 0 aromatic heterocycles. The van der Waals surface area contributed by atoms with Gasteiger partial charge in [-0.05, 0) is 61.0 Å².